The summed E-state index contributed by atoms with van der Waals surface area (Å²) in [4.78, 5) is 0. The second-order valence-electron chi connectivity index (χ2n) is 5.88. The van der Waals surface area contributed by atoms with E-state index in [9.17, 15) is 18.3 Å². The third kappa shape index (κ3) is 4.45. The average Bonchev–Trinajstić information content (AvgIpc) is 2.98. The maximum Gasteiger partial charge on any atom is 0.416 e. The highest BCUT2D eigenvalue weighted by Crippen LogP contribution is 2.30. The van der Waals surface area contributed by atoms with Crippen LogP contribution in [0.5, 0.6) is 0 Å². The minimum atomic E-state index is -4.33. The predicted molar refractivity (Wildman–Crippen MR) is 75.8 cm³/mol. The Morgan fingerprint density at radius 2 is 1.76 bits per heavy atom. The van der Waals surface area contributed by atoms with E-state index >= 15 is 0 Å². The van der Waals surface area contributed by atoms with E-state index in [0.717, 1.165) is 12.1 Å². The number of rotatable bonds is 5. The molecular weight excluding hydrogens is 279 g/mol. The van der Waals surface area contributed by atoms with Crippen molar-refractivity contribution in [3.8, 4) is 0 Å². The SMILES string of the molecule is C[C@@H](NCC(O)c1ccc(C(F)(F)F)cc1)C1CCCC1. The molecule has 1 aromatic carbocycles. The first-order valence-electron chi connectivity index (χ1n) is 7.46. The van der Waals surface area contributed by atoms with Gasteiger partial charge in [-0.2, -0.15) is 13.2 Å². The number of alkyl halides is 3. The molecule has 1 fully saturated rings. The summed E-state index contributed by atoms with van der Waals surface area (Å²) in [5.74, 6) is 0.643. The first-order valence-corrected chi connectivity index (χ1v) is 7.46. The first kappa shape index (κ1) is 16.3. The van der Waals surface area contributed by atoms with Gasteiger partial charge in [-0.3, -0.25) is 0 Å². The minimum absolute atomic E-state index is 0.330. The summed E-state index contributed by atoms with van der Waals surface area (Å²) >= 11 is 0. The molecule has 5 heteroatoms. The molecule has 0 aliphatic heterocycles. The summed E-state index contributed by atoms with van der Waals surface area (Å²) in [6, 6.07) is 5.04. The molecule has 1 aliphatic rings. The summed E-state index contributed by atoms with van der Waals surface area (Å²) in [6.07, 6.45) is -0.166. The summed E-state index contributed by atoms with van der Waals surface area (Å²) in [7, 11) is 0. The van der Waals surface area contributed by atoms with Crippen LogP contribution < -0.4 is 5.32 Å². The van der Waals surface area contributed by atoms with Gasteiger partial charge >= 0.3 is 6.18 Å². The molecule has 0 saturated heterocycles. The number of hydrogen-bond acceptors (Lipinski definition) is 2. The number of hydrogen-bond donors (Lipinski definition) is 2. The second kappa shape index (κ2) is 6.79. The molecule has 0 radical (unpaired) electrons. The van der Waals surface area contributed by atoms with Gasteiger partial charge < -0.3 is 10.4 Å². The van der Waals surface area contributed by atoms with Crippen molar-refractivity contribution in [3.63, 3.8) is 0 Å². The van der Waals surface area contributed by atoms with Crippen LogP contribution in [0.2, 0.25) is 0 Å². The molecule has 1 saturated carbocycles. The number of aliphatic hydroxyl groups excluding tert-OH is 1. The average molecular weight is 301 g/mol. The largest absolute Gasteiger partial charge is 0.416 e. The highest BCUT2D eigenvalue weighted by Gasteiger charge is 2.30. The lowest BCUT2D eigenvalue weighted by molar-refractivity contribution is -0.137. The Morgan fingerprint density at radius 3 is 2.29 bits per heavy atom. The van der Waals surface area contributed by atoms with E-state index < -0.39 is 17.8 Å². The standard InChI is InChI=1S/C16H22F3NO/c1-11(12-4-2-3-5-12)20-10-15(21)13-6-8-14(9-7-13)16(17,18)19/h6-9,11-12,15,20-21H,2-5,10H2,1H3/t11-,15?/m1/s1. The summed E-state index contributed by atoms with van der Waals surface area (Å²) < 4.78 is 37.4. The molecular formula is C16H22F3NO. The number of halogens is 3. The van der Waals surface area contributed by atoms with Crippen molar-refractivity contribution < 1.29 is 18.3 Å². The van der Waals surface area contributed by atoms with Crippen LogP contribution >= 0.6 is 0 Å². The molecule has 1 aromatic rings. The third-order valence-corrected chi connectivity index (χ3v) is 4.36. The molecule has 21 heavy (non-hydrogen) atoms. The Balaban J connectivity index is 1.86. The van der Waals surface area contributed by atoms with E-state index in [1.54, 1.807) is 0 Å². The molecule has 0 amide bonds. The molecule has 1 aliphatic carbocycles. The van der Waals surface area contributed by atoms with E-state index in [4.69, 9.17) is 0 Å². The Hall–Kier alpha value is -1.07. The maximum absolute atomic E-state index is 12.5. The molecule has 2 atom stereocenters. The number of aliphatic hydroxyl groups is 1. The van der Waals surface area contributed by atoms with Crippen LogP contribution in [0.4, 0.5) is 13.2 Å². The van der Waals surface area contributed by atoms with Crippen molar-refractivity contribution in [3.05, 3.63) is 35.4 Å². The van der Waals surface area contributed by atoms with Crippen LogP contribution in [0.3, 0.4) is 0 Å². The molecule has 2 nitrogen and oxygen atoms in total. The number of nitrogens with one attached hydrogen (secondary N) is 1. The van der Waals surface area contributed by atoms with E-state index in [2.05, 4.69) is 12.2 Å². The lowest BCUT2D eigenvalue weighted by Crippen LogP contribution is -2.35. The predicted octanol–water partition coefficient (Wildman–Crippen LogP) is 3.91. The van der Waals surface area contributed by atoms with Crippen LogP contribution in [0.15, 0.2) is 24.3 Å². The van der Waals surface area contributed by atoms with Gasteiger partial charge in [0.2, 0.25) is 0 Å². The van der Waals surface area contributed by atoms with Gasteiger partial charge in [0.15, 0.2) is 0 Å². The van der Waals surface area contributed by atoms with E-state index in [-0.39, 0.29) is 0 Å². The fourth-order valence-corrected chi connectivity index (χ4v) is 2.93. The van der Waals surface area contributed by atoms with Crippen LogP contribution in [-0.2, 0) is 6.18 Å². The van der Waals surface area contributed by atoms with Gasteiger partial charge in [0, 0.05) is 12.6 Å². The molecule has 0 aromatic heterocycles. The van der Waals surface area contributed by atoms with Gasteiger partial charge in [-0.1, -0.05) is 25.0 Å². The van der Waals surface area contributed by atoms with E-state index in [1.807, 2.05) is 0 Å². The second-order valence-corrected chi connectivity index (χ2v) is 5.88. The van der Waals surface area contributed by atoms with Crippen molar-refractivity contribution in [2.24, 2.45) is 5.92 Å². The van der Waals surface area contributed by atoms with Crippen LogP contribution in [-0.4, -0.2) is 17.7 Å². The normalized spacial score (nSPS) is 19.7. The van der Waals surface area contributed by atoms with Gasteiger partial charge in [0.25, 0.3) is 0 Å². The molecule has 1 unspecified atom stereocenters. The Labute approximate surface area is 123 Å². The van der Waals surface area contributed by atoms with Gasteiger partial charge in [0.05, 0.1) is 11.7 Å². The zero-order chi connectivity index (χ0) is 15.5. The lowest BCUT2D eigenvalue weighted by Gasteiger charge is -2.22. The summed E-state index contributed by atoms with van der Waals surface area (Å²) in [6.45, 7) is 2.47. The van der Waals surface area contributed by atoms with Gasteiger partial charge in [-0.05, 0) is 43.4 Å². The highest BCUT2D eigenvalue weighted by molar-refractivity contribution is 5.26. The quantitative estimate of drug-likeness (QED) is 0.864. The highest BCUT2D eigenvalue weighted by atomic mass is 19.4. The Bertz CT molecular complexity index is 438. The van der Waals surface area contributed by atoms with E-state index in [1.165, 1.54) is 37.8 Å². The monoisotopic (exact) mass is 301 g/mol. The molecule has 118 valence electrons. The molecule has 0 spiro atoms. The van der Waals surface area contributed by atoms with Crippen molar-refractivity contribution >= 4 is 0 Å². The molecule has 2 rings (SSSR count). The van der Waals surface area contributed by atoms with Crippen molar-refractivity contribution in [1.82, 2.24) is 5.32 Å². The summed E-state index contributed by atoms with van der Waals surface area (Å²) in [5, 5.41) is 13.4. The Kier molecular flexibility index (Phi) is 5.27. The van der Waals surface area contributed by atoms with Crippen LogP contribution in [0, 0.1) is 5.92 Å². The maximum atomic E-state index is 12.5. The topological polar surface area (TPSA) is 32.3 Å². The number of benzene rings is 1. The van der Waals surface area contributed by atoms with Gasteiger partial charge in [-0.25, -0.2) is 0 Å². The zero-order valence-corrected chi connectivity index (χ0v) is 12.2. The third-order valence-electron chi connectivity index (χ3n) is 4.36. The van der Waals surface area contributed by atoms with Gasteiger partial charge in [-0.15, -0.1) is 0 Å². The fourth-order valence-electron chi connectivity index (χ4n) is 2.93. The van der Waals surface area contributed by atoms with Gasteiger partial charge in [0.1, 0.15) is 0 Å². The molecule has 2 N–H and O–H groups in total. The van der Waals surface area contributed by atoms with Crippen LogP contribution in [0.25, 0.3) is 0 Å². The molecule has 0 bridgehead atoms. The first-order chi connectivity index (χ1) is 9.88. The van der Waals surface area contributed by atoms with Crippen molar-refractivity contribution in [2.75, 3.05) is 6.54 Å². The Morgan fingerprint density at radius 1 is 1.19 bits per heavy atom. The minimum Gasteiger partial charge on any atom is -0.387 e. The molecule has 0 heterocycles. The fraction of sp³-hybridized carbons (Fsp3) is 0.625. The van der Waals surface area contributed by atoms with Crippen molar-refractivity contribution in [1.29, 1.82) is 0 Å². The smallest absolute Gasteiger partial charge is 0.387 e. The lowest BCUT2D eigenvalue weighted by atomic mass is 9.99. The summed E-state index contributed by atoms with van der Waals surface area (Å²) in [5.41, 5.74) is -0.181. The van der Waals surface area contributed by atoms with E-state index in [0.29, 0.717) is 24.1 Å². The zero-order valence-electron chi connectivity index (χ0n) is 12.2. The van der Waals surface area contributed by atoms with Crippen molar-refractivity contribution in [2.45, 2.75) is 50.9 Å². The van der Waals surface area contributed by atoms with Crippen LogP contribution in [0.1, 0.15) is 49.8 Å².